The van der Waals surface area contributed by atoms with E-state index in [4.69, 9.17) is 0 Å². The van der Waals surface area contributed by atoms with Crippen LogP contribution in [-0.2, 0) is 9.84 Å². The van der Waals surface area contributed by atoms with Crippen LogP contribution in [0.4, 0.5) is 0 Å². The fraction of sp³-hybridized carbons (Fsp3) is 0.636. The number of hydrogen-bond acceptors (Lipinski definition) is 3. The van der Waals surface area contributed by atoms with E-state index in [9.17, 15) is 8.42 Å². The van der Waals surface area contributed by atoms with Crippen LogP contribution >= 0.6 is 0 Å². The summed E-state index contributed by atoms with van der Waals surface area (Å²) in [4.78, 5) is 2.97. The number of hydrogen-bond donors (Lipinski definition) is 0. The first-order valence-corrected chi connectivity index (χ1v) is 11.6. The van der Waals surface area contributed by atoms with Crippen molar-refractivity contribution in [2.24, 2.45) is 5.92 Å². The van der Waals surface area contributed by atoms with E-state index in [1.165, 1.54) is 25.7 Å². The Morgan fingerprint density at radius 3 is 2.50 bits per heavy atom. The quantitative estimate of drug-likeness (QED) is 0.640. The summed E-state index contributed by atoms with van der Waals surface area (Å²) in [6.07, 6.45) is 10.7. The third-order valence-corrected chi connectivity index (χ3v) is 8.72. The first-order chi connectivity index (χ1) is 12.4. The summed E-state index contributed by atoms with van der Waals surface area (Å²) in [6, 6.07) is 8.87. The van der Waals surface area contributed by atoms with Crippen molar-refractivity contribution in [3.8, 4) is 0 Å². The largest absolute Gasteiger partial charge is 0.299 e. The molecule has 0 atom stereocenters. The van der Waals surface area contributed by atoms with E-state index in [2.05, 4.69) is 11.0 Å². The minimum absolute atomic E-state index is 0.439. The zero-order valence-electron chi connectivity index (χ0n) is 16.3. The van der Waals surface area contributed by atoms with Crippen molar-refractivity contribution in [3.63, 3.8) is 0 Å². The van der Waals surface area contributed by atoms with Crippen molar-refractivity contribution in [2.75, 3.05) is 19.6 Å². The summed E-state index contributed by atoms with van der Waals surface area (Å²) >= 11 is 0. The molecule has 0 radical (unpaired) electrons. The molecule has 0 N–H and O–H groups in total. The second kappa shape index (κ2) is 8.26. The Hall–Kier alpha value is -1.13. The molecule has 1 aromatic carbocycles. The lowest BCUT2D eigenvalue weighted by Gasteiger charge is -2.31. The average molecular weight is 376 g/mol. The molecule has 0 aromatic heterocycles. The van der Waals surface area contributed by atoms with Gasteiger partial charge >= 0.3 is 0 Å². The summed E-state index contributed by atoms with van der Waals surface area (Å²) < 4.78 is 25.2. The van der Waals surface area contributed by atoms with E-state index < -0.39 is 14.6 Å². The van der Waals surface area contributed by atoms with Crippen LogP contribution in [0.2, 0.25) is 0 Å². The van der Waals surface area contributed by atoms with Crippen LogP contribution in [-0.4, -0.2) is 37.7 Å². The van der Waals surface area contributed by atoms with Crippen molar-refractivity contribution < 1.29 is 8.42 Å². The van der Waals surface area contributed by atoms with Crippen LogP contribution in [0.5, 0.6) is 0 Å². The molecular weight excluding hydrogens is 342 g/mol. The first kappa shape index (κ1) is 19.6. The highest BCUT2D eigenvalue weighted by Crippen LogP contribution is 2.33. The maximum absolute atomic E-state index is 12.9. The van der Waals surface area contributed by atoms with Gasteiger partial charge in [-0.05, 0) is 70.5 Å². The molecule has 4 heteroatoms. The third kappa shape index (κ3) is 4.40. The van der Waals surface area contributed by atoms with Gasteiger partial charge in [-0.15, -0.1) is 0 Å². The highest BCUT2D eigenvalue weighted by atomic mass is 32.2. The maximum Gasteiger partial charge on any atom is 0.183 e. The van der Waals surface area contributed by atoms with Crippen LogP contribution < -0.4 is 0 Å². The summed E-state index contributed by atoms with van der Waals surface area (Å²) in [6.45, 7) is 6.95. The molecule has 3 nitrogen and oxygen atoms in total. The fourth-order valence-electron chi connectivity index (χ4n) is 4.40. The van der Waals surface area contributed by atoms with Gasteiger partial charge < -0.3 is 0 Å². The number of benzene rings is 1. The fourth-order valence-corrected chi connectivity index (χ4v) is 5.97. The lowest BCUT2D eigenvalue weighted by Crippen LogP contribution is -2.36. The molecule has 1 aliphatic heterocycles. The van der Waals surface area contributed by atoms with Gasteiger partial charge in [-0.1, -0.05) is 42.7 Å². The summed E-state index contributed by atoms with van der Waals surface area (Å²) in [5.74, 6) is 0.813. The monoisotopic (exact) mass is 375 g/mol. The van der Waals surface area contributed by atoms with E-state index in [-0.39, 0.29) is 0 Å². The molecule has 0 amide bonds. The third-order valence-electron chi connectivity index (χ3n) is 6.17. The zero-order chi connectivity index (χ0) is 18.6. The van der Waals surface area contributed by atoms with Crippen LogP contribution in [0.3, 0.4) is 0 Å². The van der Waals surface area contributed by atoms with Crippen LogP contribution in [0.15, 0.2) is 46.9 Å². The standard InChI is InChI=1S/C22H33NO2S/c1-22(2,26(24,25)21-13-4-3-5-14-21)15-9-17-23-16-8-12-20(18-23)19-10-6-7-11-19/h3-5,12-14,19H,6-11,15-18H2,1-2H3. The minimum Gasteiger partial charge on any atom is -0.299 e. The Balaban J connectivity index is 1.53. The smallest absolute Gasteiger partial charge is 0.183 e. The molecular formula is C22H33NO2S. The lowest BCUT2D eigenvalue weighted by molar-refractivity contribution is 0.269. The Labute approximate surface area is 159 Å². The Bertz CT molecular complexity index is 716. The molecule has 0 saturated heterocycles. The lowest BCUT2D eigenvalue weighted by atomic mass is 9.93. The van der Waals surface area contributed by atoms with Gasteiger partial charge in [0.25, 0.3) is 0 Å². The van der Waals surface area contributed by atoms with Gasteiger partial charge in [-0.3, -0.25) is 4.90 Å². The normalized spacial score (nSPS) is 20.3. The van der Waals surface area contributed by atoms with Crippen LogP contribution in [0.1, 0.15) is 58.8 Å². The summed E-state index contributed by atoms with van der Waals surface area (Å²) in [7, 11) is -3.30. The minimum atomic E-state index is -3.30. The van der Waals surface area contributed by atoms with Crippen LogP contribution in [0, 0.1) is 5.92 Å². The molecule has 0 bridgehead atoms. The van der Waals surface area contributed by atoms with Gasteiger partial charge in [-0.25, -0.2) is 8.42 Å². The molecule has 2 aliphatic rings. The number of rotatable bonds is 7. The molecule has 0 spiro atoms. The zero-order valence-corrected chi connectivity index (χ0v) is 17.1. The van der Waals surface area contributed by atoms with Gasteiger partial charge in [0.2, 0.25) is 0 Å². The van der Waals surface area contributed by atoms with Gasteiger partial charge in [0.05, 0.1) is 9.64 Å². The van der Waals surface area contributed by atoms with Crippen LogP contribution in [0.25, 0.3) is 0 Å². The predicted molar refractivity (Wildman–Crippen MR) is 108 cm³/mol. The Morgan fingerprint density at radius 1 is 1.12 bits per heavy atom. The predicted octanol–water partition coefficient (Wildman–Crippen LogP) is 4.84. The Morgan fingerprint density at radius 2 is 1.81 bits per heavy atom. The van der Waals surface area contributed by atoms with Crippen molar-refractivity contribution in [2.45, 2.75) is 68.4 Å². The van der Waals surface area contributed by atoms with Gasteiger partial charge in [0.1, 0.15) is 0 Å². The van der Waals surface area contributed by atoms with Gasteiger partial charge in [0.15, 0.2) is 9.84 Å². The van der Waals surface area contributed by atoms with E-state index in [1.807, 2.05) is 19.9 Å². The molecule has 1 fully saturated rings. The molecule has 3 rings (SSSR count). The summed E-state index contributed by atoms with van der Waals surface area (Å²) in [5, 5.41) is 0. The van der Waals surface area contributed by atoms with E-state index in [0.29, 0.717) is 11.3 Å². The van der Waals surface area contributed by atoms with Crippen molar-refractivity contribution >= 4 is 9.84 Å². The molecule has 1 heterocycles. The first-order valence-electron chi connectivity index (χ1n) is 10.1. The molecule has 1 saturated carbocycles. The molecule has 1 aromatic rings. The van der Waals surface area contributed by atoms with Gasteiger partial charge in [0, 0.05) is 13.1 Å². The average Bonchev–Trinajstić information content (AvgIpc) is 3.17. The molecule has 1 aliphatic carbocycles. The summed E-state index contributed by atoms with van der Waals surface area (Å²) in [5.41, 5.74) is 1.64. The van der Waals surface area contributed by atoms with Gasteiger partial charge in [-0.2, -0.15) is 0 Å². The topological polar surface area (TPSA) is 37.4 Å². The van der Waals surface area contributed by atoms with Crippen molar-refractivity contribution in [1.82, 2.24) is 4.90 Å². The van der Waals surface area contributed by atoms with E-state index in [1.54, 1.807) is 29.8 Å². The molecule has 0 unspecified atom stereocenters. The SMILES string of the molecule is CC(C)(CCCN1CCC=C(C2CCCC2)C1)S(=O)(=O)c1ccccc1. The maximum atomic E-state index is 12.9. The molecule has 26 heavy (non-hydrogen) atoms. The second-order valence-electron chi connectivity index (χ2n) is 8.50. The molecule has 144 valence electrons. The second-order valence-corrected chi connectivity index (χ2v) is 11.1. The Kier molecular flexibility index (Phi) is 6.24. The highest BCUT2D eigenvalue weighted by Gasteiger charge is 2.35. The van der Waals surface area contributed by atoms with Crippen molar-refractivity contribution in [3.05, 3.63) is 42.0 Å². The number of sulfone groups is 1. The number of nitrogens with zero attached hydrogens (tertiary/aromatic N) is 1. The van der Waals surface area contributed by atoms with E-state index in [0.717, 1.165) is 38.4 Å². The highest BCUT2D eigenvalue weighted by molar-refractivity contribution is 7.92. The van der Waals surface area contributed by atoms with Crippen molar-refractivity contribution in [1.29, 1.82) is 0 Å². The van der Waals surface area contributed by atoms with E-state index >= 15 is 0 Å².